The zero-order chi connectivity index (χ0) is 12.5. The molecule has 0 unspecified atom stereocenters. The van der Waals surface area contributed by atoms with Crippen molar-refractivity contribution in [3.63, 3.8) is 0 Å². The molecule has 2 rings (SSSR count). The van der Waals surface area contributed by atoms with Crippen molar-refractivity contribution in [1.29, 1.82) is 0 Å². The van der Waals surface area contributed by atoms with Crippen LogP contribution in [0.3, 0.4) is 0 Å². The van der Waals surface area contributed by atoms with Crippen molar-refractivity contribution >= 4 is 17.7 Å². The van der Waals surface area contributed by atoms with E-state index in [1.165, 1.54) is 16.7 Å². The Balaban J connectivity index is 2.33. The van der Waals surface area contributed by atoms with E-state index in [1.807, 2.05) is 0 Å². The monoisotopic (exact) mass is 286 g/mol. The number of benzene rings is 2. The van der Waals surface area contributed by atoms with Gasteiger partial charge in [0.1, 0.15) is 0 Å². The fourth-order valence-corrected chi connectivity index (χ4v) is 4.36. The summed E-state index contributed by atoms with van der Waals surface area (Å²) < 4.78 is 1.57. The van der Waals surface area contributed by atoms with E-state index >= 15 is 0 Å². The van der Waals surface area contributed by atoms with Crippen LogP contribution in [-0.2, 0) is 0 Å². The SMILES string of the molecule is Cc1ccc(-c2cc[c]([Ge]([CH3])([CH3])[CH3])cc2)cc1. The van der Waals surface area contributed by atoms with Gasteiger partial charge in [0, 0.05) is 0 Å². The van der Waals surface area contributed by atoms with Crippen LogP contribution in [-0.4, -0.2) is 13.3 Å². The fourth-order valence-electron chi connectivity index (χ4n) is 1.91. The van der Waals surface area contributed by atoms with Crippen molar-refractivity contribution in [3.05, 3.63) is 54.1 Å². The van der Waals surface area contributed by atoms with Crippen LogP contribution >= 0.6 is 0 Å². The standard InChI is InChI=1S/C16H20Ge/c1-13-5-7-14(8-6-13)15-9-11-16(12-10-15)17(2,3)4/h5-12H,1-4H3. The van der Waals surface area contributed by atoms with Gasteiger partial charge in [0.15, 0.2) is 0 Å². The number of aryl methyl sites for hydroxylation is 1. The normalized spacial score (nSPS) is 11.5. The molecular weight excluding hydrogens is 265 g/mol. The summed E-state index contributed by atoms with van der Waals surface area (Å²) in [5.74, 6) is 7.29. The molecule has 88 valence electrons. The molecular formula is C16H20Ge. The van der Waals surface area contributed by atoms with Gasteiger partial charge in [-0.25, -0.2) is 0 Å². The zero-order valence-corrected chi connectivity index (χ0v) is 13.2. The molecule has 0 atom stereocenters. The molecule has 17 heavy (non-hydrogen) atoms. The molecule has 2 aromatic rings. The van der Waals surface area contributed by atoms with Crippen LogP contribution in [0.25, 0.3) is 11.1 Å². The Morgan fingerprint density at radius 3 is 1.47 bits per heavy atom. The number of hydrogen-bond donors (Lipinski definition) is 0. The molecule has 0 amide bonds. The summed E-state index contributed by atoms with van der Waals surface area (Å²) in [6.45, 7) is 2.13. The summed E-state index contributed by atoms with van der Waals surface area (Å²) in [7, 11) is 0. The van der Waals surface area contributed by atoms with Gasteiger partial charge >= 0.3 is 107 Å². The minimum absolute atomic E-state index is 1.31. The van der Waals surface area contributed by atoms with Gasteiger partial charge in [-0.15, -0.1) is 0 Å². The molecule has 0 saturated carbocycles. The van der Waals surface area contributed by atoms with Gasteiger partial charge in [-0.1, -0.05) is 0 Å². The van der Waals surface area contributed by atoms with Crippen LogP contribution < -0.4 is 4.40 Å². The van der Waals surface area contributed by atoms with Gasteiger partial charge in [0.2, 0.25) is 0 Å². The summed E-state index contributed by atoms with van der Waals surface area (Å²) in [5.41, 5.74) is 3.94. The van der Waals surface area contributed by atoms with Crippen LogP contribution in [0.1, 0.15) is 5.56 Å². The summed E-state index contributed by atoms with van der Waals surface area (Å²) in [6.07, 6.45) is 0. The Labute approximate surface area is 107 Å². The van der Waals surface area contributed by atoms with Crippen LogP contribution in [0.15, 0.2) is 48.5 Å². The van der Waals surface area contributed by atoms with Crippen LogP contribution in [0, 0.1) is 6.92 Å². The predicted octanol–water partition coefficient (Wildman–Crippen LogP) is 4.21. The molecule has 0 bridgehead atoms. The maximum atomic E-state index is 2.43. The number of hydrogen-bond acceptors (Lipinski definition) is 0. The van der Waals surface area contributed by atoms with E-state index in [0.29, 0.717) is 0 Å². The summed E-state index contributed by atoms with van der Waals surface area (Å²) in [4.78, 5) is 0. The van der Waals surface area contributed by atoms with E-state index in [4.69, 9.17) is 0 Å². The summed E-state index contributed by atoms with van der Waals surface area (Å²) >= 11 is -1.65. The summed E-state index contributed by atoms with van der Waals surface area (Å²) in [5, 5.41) is 0. The average Bonchev–Trinajstić information content (AvgIpc) is 2.29. The molecule has 0 radical (unpaired) electrons. The molecule has 0 aliphatic carbocycles. The third-order valence-electron chi connectivity index (χ3n) is 3.14. The van der Waals surface area contributed by atoms with Gasteiger partial charge in [-0.2, -0.15) is 0 Å². The van der Waals surface area contributed by atoms with Crippen LogP contribution in [0.5, 0.6) is 0 Å². The van der Waals surface area contributed by atoms with Crippen molar-refractivity contribution in [3.8, 4) is 11.1 Å². The number of rotatable bonds is 2. The van der Waals surface area contributed by atoms with E-state index in [1.54, 1.807) is 4.40 Å². The first-order valence-corrected chi connectivity index (χ1v) is 13.5. The second kappa shape index (κ2) is 4.69. The van der Waals surface area contributed by atoms with Crippen molar-refractivity contribution in [2.75, 3.05) is 0 Å². The van der Waals surface area contributed by atoms with Crippen molar-refractivity contribution in [1.82, 2.24) is 0 Å². The van der Waals surface area contributed by atoms with E-state index in [2.05, 4.69) is 72.7 Å². The quantitative estimate of drug-likeness (QED) is 0.725. The Morgan fingerprint density at radius 1 is 0.647 bits per heavy atom. The van der Waals surface area contributed by atoms with Gasteiger partial charge in [0.25, 0.3) is 0 Å². The Hall–Kier alpha value is -1.02. The average molecular weight is 285 g/mol. The van der Waals surface area contributed by atoms with Gasteiger partial charge < -0.3 is 0 Å². The minimum atomic E-state index is -1.65. The topological polar surface area (TPSA) is 0 Å². The van der Waals surface area contributed by atoms with Crippen LogP contribution in [0.2, 0.25) is 17.3 Å². The van der Waals surface area contributed by atoms with Crippen LogP contribution in [0.4, 0.5) is 0 Å². The van der Waals surface area contributed by atoms with E-state index in [-0.39, 0.29) is 0 Å². The van der Waals surface area contributed by atoms with Gasteiger partial charge in [-0.3, -0.25) is 0 Å². The maximum absolute atomic E-state index is 2.43. The zero-order valence-electron chi connectivity index (χ0n) is 11.1. The summed E-state index contributed by atoms with van der Waals surface area (Å²) in [6, 6.07) is 17.9. The molecule has 0 heterocycles. The fraction of sp³-hybridized carbons (Fsp3) is 0.250. The Kier molecular flexibility index (Phi) is 3.43. The molecule has 0 fully saturated rings. The van der Waals surface area contributed by atoms with Gasteiger partial charge in [0.05, 0.1) is 0 Å². The van der Waals surface area contributed by atoms with Crippen molar-refractivity contribution in [2.45, 2.75) is 24.2 Å². The first-order chi connectivity index (χ1) is 7.97. The molecule has 0 spiro atoms. The molecule has 2 aromatic carbocycles. The third-order valence-corrected chi connectivity index (χ3v) is 7.47. The molecule has 0 saturated heterocycles. The second-order valence-corrected chi connectivity index (χ2v) is 16.3. The second-order valence-electron chi connectivity index (χ2n) is 5.69. The third kappa shape index (κ3) is 3.01. The first kappa shape index (κ1) is 12.4. The molecule has 0 N–H and O–H groups in total. The molecule has 0 aliphatic heterocycles. The van der Waals surface area contributed by atoms with E-state index in [0.717, 1.165) is 0 Å². The Bertz CT molecular complexity index is 487. The molecule has 1 heteroatoms. The van der Waals surface area contributed by atoms with Gasteiger partial charge in [-0.05, 0) is 0 Å². The molecule has 0 aromatic heterocycles. The van der Waals surface area contributed by atoms with E-state index in [9.17, 15) is 0 Å². The van der Waals surface area contributed by atoms with E-state index < -0.39 is 13.3 Å². The van der Waals surface area contributed by atoms with Crippen molar-refractivity contribution < 1.29 is 0 Å². The predicted molar refractivity (Wildman–Crippen MR) is 79.6 cm³/mol. The Morgan fingerprint density at radius 2 is 1.06 bits per heavy atom. The molecule has 0 aliphatic rings. The van der Waals surface area contributed by atoms with Crippen molar-refractivity contribution in [2.24, 2.45) is 0 Å². The first-order valence-electron chi connectivity index (χ1n) is 6.14. The molecule has 0 nitrogen and oxygen atoms in total.